The van der Waals surface area contributed by atoms with Gasteiger partial charge >= 0.3 is 5.97 Å². The van der Waals surface area contributed by atoms with Crippen molar-refractivity contribution in [3.05, 3.63) is 46.7 Å². The van der Waals surface area contributed by atoms with Crippen LogP contribution in [0.3, 0.4) is 0 Å². The van der Waals surface area contributed by atoms with Crippen molar-refractivity contribution < 1.29 is 18.7 Å². The van der Waals surface area contributed by atoms with Crippen LogP contribution in [0.15, 0.2) is 34.9 Å². The molecule has 164 valence electrons. The second-order valence-corrected chi connectivity index (χ2v) is 8.52. The number of aromatic nitrogens is 1. The number of unbranched alkanes of at least 4 members (excludes halogenated alkanes) is 1. The lowest BCUT2D eigenvalue weighted by Crippen LogP contribution is -2.48. The van der Waals surface area contributed by atoms with Crippen LogP contribution < -0.4 is 4.90 Å². The fourth-order valence-corrected chi connectivity index (χ4v) is 4.67. The molecule has 1 aliphatic heterocycles. The van der Waals surface area contributed by atoms with Gasteiger partial charge in [0.2, 0.25) is 0 Å². The molecule has 0 aliphatic carbocycles. The van der Waals surface area contributed by atoms with Gasteiger partial charge in [-0.3, -0.25) is 4.79 Å². The van der Waals surface area contributed by atoms with E-state index < -0.39 is 0 Å². The zero-order valence-electron chi connectivity index (χ0n) is 17.9. The van der Waals surface area contributed by atoms with Crippen LogP contribution in [0.1, 0.15) is 52.5 Å². The van der Waals surface area contributed by atoms with Crippen molar-refractivity contribution in [3.8, 4) is 0 Å². The van der Waals surface area contributed by atoms with Gasteiger partial charge in [0.15, 0.2) is 5.13 Å². The van der Waals surface area contributed by atoms with E-state index in [2.05, 4.69) is 16.8 Å². The highest BCUT2D eigenvalue weighted by Gasteiger charge is 2.28. The number of esters is 1. The summed E-state index contributed by atoms with van der Waals surface area (Å²) < 4.78 is 11.1. The summed E-state index contributed by atoms with van der Waals surface area (Å²) in [5, 5.41) is 1.67. The third-order valence-electron chi connectivity index (χ3n) is 5.45. The van der Waals surface area contributed by atoms with Gasteiger partial charge in [-0.2, -0.15) is 0 Å². The van der Waals surface area contributed by atoms with E-state index in [0.717, 1.165) is 41.1 Å². The number of ether oxygens (including phenoxy) is 1. The smallest absolute Gasteiger partial charge is 0.350 e. The minimum Gasteiger partial charge on any atom is -0.462 e. The van der Waals surface area contributed by atoms with E-state index in [9.17, 15) is 9.59 Å². The number of benzene rings is 1. The summed E-state index contributed by atoms with van der Waals surface area (Å²) in [4.78, 5) is 34.2. The Kier molecular flexibility index (Phi) is 6.56. The number of piperazine rings is 1. The van der Waals surface area contributed by atoms with E-state index in [0.29, 0.717) is 43.2 Å². The molecule has 1 aromatic carbocycles. The average Bonchev–Trinajstić information content (AvgIpc) is 3.42. The lowest BCUT2D eigenvalue weighted by atomic mass is 10.1. The van der Waals surface area contributed by atoms with Gasteiger partial charge in [0, 0.05) is 38.0 Å². The average molecular weight is 442 g/mol. The lowest BCUT2D eigenvalue weighted by molar-refractivity contribution is 0.0531. The highest BCUT2D eigenvalue weighted by molar-refractivity contribution is 7.17. The zero-order chi connectivity index (χ0) is 21.8. The number of carbonyl (C=O) groups is 2. The van der Waals surface area contributed by atoms with Crippen LogP contribution in [0.4, 0.5) is 5.13 Å². The van der Waals surface area contributed by atoms with Crippen LogP contribution >= 0.6 is 11.3 Å². The van der Waals surface area contributed by atoms with Crippen LogP contribution in [0.25, 0.3) is 11.0 Å². The van der Waals surface area contributed by atoms with Crippen molar-refractivity contribution in [1.29, 1.82) is 0 Å². The largest absolute Gasteiger partial charge is 0.462 e. The molecule has 2 aromatic heterocycles. The van der Waals surface area contributed by atoms with Crippen LogP contribution in [-0.4, -0.2) is 54.5 Å². The third kappa shape index (κ3) is 4.44. The number of aryl methyl sites for hydroxylation is 1. The number of anilines is 1. The molecule has 4 rings (SSSR count). The maximum atomic E-state index is 13.4. The minimum absolute atomic E-state index is 0.0297. The summed E-state index contributed by atoms with van der Waals surface area (Å²) in [6.07, 6.45) is 4.36. The first-order chi connectivity index (χ1) is 15.1. The number of rotatable bonds is 7. The highest BCUT2D eigenvalue weighted by atomic mass is 32.1. The van der Waals surface area contributed by atoms with Crippen LogP contribution in [-0.2, 0) is 11.2 Å². The molecule has 31 heavy (non-hydrogen) atoms. The molecule has 1 saturated heterocycles. The van der Waals surface area contributed by atoms with Crippen LogP contribution in [0, 0.1) is 0 Å². The van der Waals surface area contributed by atoms with Crippen molar-refractivity contribution in [3.63, 3.8) is 0 Å². The van der Waals surface area contributed by atoms with Crippen LogP contribution in [0.5, 0.6) is 0 Å². The van der Waals surface area contributed by atoms with Gasteiger partial charge in [0.05, 0.1) is 18.4 Å². The molecule has 1 fully saturated rings. The SMILES string of the molecule is CCCCc1oc2ccccc2c1C(=O)N1CCN(c2ncc(C(=O)OCC)s2)CC1. The first kappa shape index (κ1) is 21.4. The molecule has 0 saturated carbocycles. The molecule has 0 unspecified atom stereocenters. The van der Waals surface area contributed by atoms with Gasteiger partial charge in [-0.15, -0.1) is 0 Å². The predicted octanol–water partition coefficient (Wildman–Crippen LogP) is 4.37. The van der Waals surface area contributed by atoms with Gasteiger partial charge in [0.25, 0.3) is 5.91 Å². The van der Waals surface area contributed by atoms with E-state index in [1.165, 1.54) is 11.3 Å². The van der Waals surface area contributed by atoms with E-state index in [1.54, 1.807) is 13.1 Å². The summed E-state index contributed by atoms with van der Waals surface area (Å²) in [7, 11) is 0. The van der Waals surface area contributed by atoms with E-state index >= 15 is 0 Å². The molecular weight excluding hydrogens is 414 g/mol. The summed E-state index contributed by atoms with van der Waals surface area (Å²) in [5.74, 6) is 0.475. The number of carbonyl (C=O) groups excluding carboxylic acids is 2. The van der Waals surface area contributed by atoms with Gasteiger partial charge in [-0.25, -0.2) is 9.78 Å². The van der Waals surface area contributed by atoms with Crippen molar-refractivity contribution in [2.75, 3.05) is 37.7 Å². The zero-order valence-corrected chi connectivity index (χ0v) is 18.7. The monoisotopic (exact) mass is 441 g/mol. The van der Waals surface area contributed by atoms with E-state index in [4.69, 9.17) is 9.15 Å². The quantitative estimate of drug-likeness (QED) is 0.507. The molecule has 0 bridgehead atoms. The maximum absolute atomic E-state index is 13.4. The summed E-state index contributed by atoms with van der Waals surface area (Å²) in [6.45, 7) is 6.79. The molecule has 8 heteroatoms. The Morgan fingerprint density at radius 2 is 1.94 bits per heavy atom. The normalized spacial score (nSPS) is 14.3. The number of nitrogens with zero attached hydrogens (tertiary/aromatic N) is 3. The topological polar surface area (TPSA) is 75.9 Å². The van der Waals surface area contributed by atoms with Gasteiger partial charge in [-0.05, 0) is 19.4 Å². The number of hydrogen-bond donors (Lipinski definition) is 0. The van der Waals surface area contributed by atoms with Gasteiger partial charge in [0.1, 0.15) is 16.2 Å². The highest BCUT2D eigenvalue weighted by Crippen LogP contribution is 2.30. The molecule has 0 atom stereocenters. The first-order valence-corrected chi connectivity index (χ1v) is 11.6. The maximum Gasteiger partial charge on any atom is 0.350 e. The second-order valence-electron chi connectivity index (χ2n) is 7.51. The molecular formula is C23H27N3O4S. The fourth-order valence-electron chi connectivity index (χ4n) is 3.81. The Morgan fingerprint density at radius 1 is 1.16 bits per heavy atom. The van der Waals surface area contributed by atoms with Crippen molar-refractivity contribution in [1.82, 2.24) is 9.88 Å². The second kappa shape index (κ2) is 9.51. The number of fused-ring (bicyclic) bond motifs is 1. The van der Waals surface area contributed by atoms with Crippen molar-refractivity contribution in [2.24, 2.45) is 0 Å². The number of thiazole rings is 1. The standard InChI is InChI=1S/C23H27N3O4S/c1-3-5-9-18-20(16-8-6-7-10-17(16)30-18)21(27)25-11-13-26(14-12-25)23-24-15-19(31-23)22(28)29-4-2/h6-8,10,15H,3-5,9,11-14H2,1-2H3. The van der Waals surface area contributed by atoms with E-state index in [1.807, 2.05) is 29.2 Å². The van der Waals surface area contributed by atoms with Gasteiger partial charge in [-0.1, -0.05) is 42.9 Å². The minimum atomic E-state index is -0.341. The fraction of sp³-hybridized carbons (Fsp3) is 0.435. The molecule has 1 aliphatic rings. The molecule has 3 heterocycles. The molecule has 1 amide bonds. The molecule has 7 nitrogen and oxygen atoms in total. The lowest BCUT2D eigenvalue weighted by Gasteiger charge is -2.34. The number of para-hydroxylation sites is 1. The molecule has 0 radical (unpaired) electrons. The third-order valence-corrected chi connectivity index (χ3v) is 6.49. The molecule has 0 spiro atoms. The Bertz CT molecular complexity index is 1070. The Balaban J connectivity index is 1.47. The molecule has 0 N–H and O–H groups in total. The van der Waals surface area contributed by atoms with Crippen LogP contribution in [0.2, 0.25) is 0 Å². The Morgan fingerprint density at radius 3 is 2.68 bits per heavy atom. The van der Waals surface area contributed by atoms with Crippen molar-refractivity contribution >= 4 is 39.3 Å². The number of amides is 1. The summed E-state index contributed by atoms with van der Waals surface area (Å²) >= 11 is 1.33. The van der Waals surface area contributed by atoms with Gasteiger partial charge < -0.3 is 19.0 Å². The Labute approximate surface area is 185 Å². The van der Waals surface area contributed by atoms with E-state index in [-0.39, 0.29) is 11.9 Å². The number of furan rings is 1. The summed E-state index contributed by atoms with van der Waals surface area (Å²) in [6, 6.07) is 7.76. The first-order valence-electron chi connectivity index (χ1n) is 10.8. The Hall–Kier alpha value is -2.87. The van der Waals surface area contributed by atoms with Crippen molar-refractivity contribution in [2.45, 2.75) is 33.1 Å². The predicted molar refractivity (Wildman–Crippen MR) is 121 cm³/mol. The number of hydrogen-bond acceptors (Lipinski definition) is 7. The molecule has 3 aromatic rings. The summed E-state index contributed by atoms with van der Waals surface area (Å²) in [5.41, 5.74) is 1.47.